The minimum absolute atomic E-state index is 0.156. The fourth-order valence-electron chi connectivity index (χ4n) is 1.76. The summed E-state index contributed by atoms with van der Waals surface area (Å²) in [5, 5.41) is 7.51. The van der Waals surface area contributed by atoms with Gasteiger partial charge in [0.1, 0.15) is 23.7 Å². The number of rotatable bonds is 6. The Kier molecular flexibility index (Phi) is 5.14. The van der Waals surface area contributed by atoms with Gasteiger partial charge in [0.15, 0.2) is 0 Å². The third-order valence-electron chi connectivity index (χ3n) is 3.15. The van der Waals surface area contributed by atoms with Gasteiger partial charge in [0.2, 0.25) is 0 Å². The number of aromatic nitrogens is 2. The van der Waals surface area contributed by atoms with Crippen molar-refractivity contribution >= 4 is 15.9 Å². The van der Waals surface area contributed by atoms with Gasteiger partial charge >= 0.3 is 0 Å². The summed E-state index contributed by atoms with van der Waals surface area (Å²) >= 11 is 3.54. The number of nitrogens with two attached hydrogens (primary N) is 1. The summed E-state index contributed by atoms with van der Waals surface area (Å²) in [4.78, 5) is 0. The van der Waals surface area contributed by atoms with E-state index in [2.05, 4.69) is 37.8 Å². The standard InChI is InChI=1S/C14H18BrN3O2/c1-3-11(16)6-10-7-12(4-5-13(10)15)19-8-14-9(2)17-20-18-14/h4-5,7,11H,3,6,8,16H2,1-2H3. The summed E-state index contributed by atoms with van der Waals surface area (Å²) in [5.41, 5.74) is 8.60. The summed E-state index contributed by atoms with van der Waals surface area (Å²) in [6, 6.07) is 6.04. The maximum Gasteiger partial charge on any atom is 0.145 e. The van der Waals surface area contributed by atoms with E-state index in [1.807, 2.05) is 25.1 Å². The van der Waals surface area contributed by atoms with Gasteiger partial charge in [0.05, 0.1) is 0 Å². The van der Waals surface area contributed by atoms with E-state index in [4.69, 9.17) is 10.5 Å². The number of hydrogen-bond acceptors (Lipinski definition) is 5. The molecule has 1 unspecified atom stereocenters. The molecule has 0 saturated heterocycles. The molecule has 0 aliphatic rings. The van der Waals surface area contributed by atoms with E-state index < -0.39 is 0 Å². The third kappa shape index (κ3) is 3.80. The highest BCUT2D eigenvalue weighted by atomic mass is 79.9. The number of benzene rings is 1. The summed E-state index contributed by atoms with van der Waals surface area (Å²) in [7, 11) is 0. The van der Waals surface area contributed by atoms with Crippen LogP contribution >= 0.6 is 15.9 Å². The molecule has 0 aliphatic heterocycles. The van der Waals surface area contributed by atoms with E-state index in [1.54, 1.807) is 0 Å². The van der Waals surface area contributed by atoms with Crippen molar-refractivity contribution in [3.63, 3.8) is 0 Å². The first-order chi connectivity index (χ1) is 9.60. The summed E-state index contributed by atoms with van der Waals surface area (Å²) in [6.45, 7) is 4.26. The zero-order valence-corrected chi connectivity index (χ0v) is 13.2. The Labute approximate surface area is 126 Å². The summed E-state index contributed by atoms with van der Waals surface area (Å²) in [5.74, 6) is 0.786. The quantitative estimate of drug-likeness (QED) is 0.875. The van der Waals surface area contributed by atoms with Crippen molar-refractivity contribution in [2.75, 3.05) is 0 Å². The third-order valence-corrected chi connectivity index (χ3v) is 3.92. The van der Waals surface area contributed by atoms with Crippen LogP contribution in [-0.2, 0) is 13.0 Å². The highest BCUT2D eigenvalue weighted by molar-refractivity contribution is 9.10. The van der Waals surface area contributed by atoms with Crippen molar-refractivity contribution in [1.29, 1.82) is 0 Å². The number of nitrogens with zero attached hydrogens (tertiary/aromatic N) is 2. The van der Waals surface area contributed by atoms with Gasteiger partial charge in [-0.1, -0.05) is 33.2 Å². The molecule has 108 valence electrons. The van der Waals surface area contributed by atoms with Gasteiger partial charge in [0, 0.05) is 10.5 Å². The first kappa shape index (κ1) is 15.0. The smallest absolute Gasteiger partial charge is 0.145 e. The summed E-state index contributed by atoms with van der Waals surface area (Å²) < 4.78 is 11.4. The molecule has 5 nitrogen and oxygen atoms in total. The maximum atomic E-state index is 6.00. The van der Waals surface area contributed by atoms with Crippen molar-refractivity contribution in [2.45, 2.75) is 39.3 Å². The predicted molar refractivity (Wildman–Crippen MR) is 79.5 cm³/mol. The Morgan fingerprint density at radius 1 is 1.40 bits per heavy atom. The first-order valence-corrected chi connectivity index (χ1v) is 7.34. The lowest BCUT2D eigenvalue weighted by Gasteiger charge is -2.12. The molecular weight excluding hydrogens is 322 g/mol. The highest BCUT2D eigenvalue weighted by Crippen LogP contribution is 2.24. The van der Waals surface area contributed by atoms with Gasteiger partial charge in [-0.3, -0.25) is 0 Å². The van der Waals surface area contributed by atoms with E-state index in [0.717, 1.165) is 34.3 Å². The normalized spacial score (nSPS) is 12.4. The average molecular weight is 340 g/mol. The van der Waals surface area contributed by atoms with E-state index in [9.17, 15) is 0 Å². The fourth-order valence-corrected chi connectivity index (χ4v) is 2.16. The van der Waals surface area contributed by atoms with Crippen molar-refractivity contribution in [2.24, 2.45) is 5.73 Å². The van der Waals surface area contributed by atoms with Crippen LogP contribution in [0.4, 0.5) is 0 Å². The Bertz CT molecular complexity index is 571. The van der Waals surface area contributed by atoms with Gasteiger partial charge in [-0.2, -0.15) is 0 Å². The molecule has 20 heavy (non-hydrogen) atoms. The second-order valence-corrected chi connectivity index (χ2v) is 5.57. The van der Waals surface area contributed by atoms with Crippen LogP contribution < -0.4 is 10.5 Å². The molecule has 2 rings (SSSR count). The molecule has 0 aliphatic carbocycles. The van der Waals surface area contributed by atoms with Crippen molar-refractivity contribution in [3.05, 3.63) is 39.6 Å². The molecule has 2 aromatic rings. The number of halogens is 1. The minimum atomic E-state index is 0.156. The molecule has 1 aromatic carbocycles. The lowest BCUT2D eigenvalue weighted by atomic mass is 10.0. The molecule has 0 bridgehead atoms. The maximum absolute atomic E-state index is 6.00. The lowest BCUT2D eigenvalue weighted by Crippen LogP contribution is -2.21. The van der Waals surface area contributed by atoms with Crippen LogP contribution in [0.25, 0.3) is 0 Å². The molecule has 1 atom stereocenters. The van der Waals surface area contributed by atoms with E-state index >= 15 is 0 Å². The van der Waals surface area contributed by atoms with Crippen molar-refractivity contribution in [1.82, 2.24) is 10.3 Å². The molecule has 0 saturated carbocycles. The minimum Gasteiger partial charge on any atom is -0.487 e. The van der Waals surface area contributed by atoms with Crippen LogP contribution in [0.3, 0.4) is 0 Å². The molecule has 0 spiro atoms. The molecule has 2 N–H and O–H groups in total. The van der Waals surface area contributed by atoms with Gasteiger partial charge in [-0.05, 0) is 43.5 Å². The Morgan fingerprint density at radius 3 is 2.85 bits per heavy atom. The zero-order chi connectivity index (χ0) is 14.5. The van der Waals surface area contributed by atoms with Gasteiger partial charge in [-0.25, -0.2) is 4.63 Å². The number of aryl methyl sites for hydroxylation is 1. The first-order valence-electron chi connectivity index (χ1n) is 6.55. The van der Waals surface area contributed by atoms with E-state index in [1.165, 1.54) is 0 Å². The predicted octanol–water partition coefficient (Wildman–Crippen LogP) is 3.00. The topological polar surface area (TPSA) is 74.2 Å². The van der Waals surface area contributed by atoms with Crippen molar-refractivity contribution < 1.29 is 9.37 Å². The Balaban J connectivity index is 2.05. The fraction of sp³-hybridized carbons (Fsp3) is 0.429. The molecule has 0 radical (unpaired) electrons. The van der Waals surface area contributed by atoms with Gasteiger partial charge < -0.3 is 10.5 Å². The second-order valence-electron chi connectivity index (χ2n) is 4.71. The van der Waals surface area contributed by atoms with Crippen LogP contribution in [-0.4, -0.2) is 16.4 Å². The molecule has 0 amide bonds. The SMILES string of the molecule is CCC(N)Cc1cc(OCc2nonc2C)ccc1Br. The van der Waals surface area contributed by atoms with Crippen LogP contribution in [0.5, 0.6) is 5.75 Å². The Morgan fingerprint density at radius 2 is 2.20 bits per heavy atom. The molecule has 1 heterocycles. The van der Waals surface area contributed by atoms with Crippen LogP contribution in [0.2, 0.25) is 0 Å². The molecule has 1 aromatic heterocycles. The Hall–Kier alpha value is -1.40. The number of ether oxygens (including phenoxy) is 1. The molecular formula is C14H18BrN3O2. The summed E-state index contributed by atoms with van der Waals surface area (Å²) in [6.07, 6.45) is 1.76. The molecule has 6 heteroatoms. The van der Waals surface area contributed by atoms with Gasteiger partial charge in [-0.15, -0.1) is 0 Å². The van der Waals surface area contributed by atoms with Crippen LogP contribution in [0.15, 0.2) is 27.3 Å². The van der Waals surface area contributed by atoms with Crippen molar-refractivity contribution in [3.8, 4) is 5.75 Å². The van der Waals surface area contributed by atoms with Crippen LogP contribution in [0, 0.1) is 6.92 Å². The van der Waals surface area contributed by atoms with Crippen LogP contribution in [0.1, 0.15) is 30.3 Å². The van der Waals surface area contributed by atoms with E-state index in [-0.39, 0.29) is 6.04 Å². The largest absolute Gasteiger partial charge is 0.487 e. The highest BCUT2D eigenvalue weighted by Gasteiger charge is 2.09. The molecule has 0 fully saturated rings. The monoisotopic (exact) mass is 339 g/mol. The second kappa shape index (κ2) is 6.85. The van der Waals surface area contributed by atoms with E-state index in [0.29, 0.717) is 12.3 Å². The lowest BCUT2D eigenvalue weighted by molar-refractivity contribution is 0.270. The van der Waals surface area contributed by atoms with Gasteiger partial charge in [0.25, 0.3) is 0 Å². The number of hydrogen-bond donors (Lipinski definition) is 1. The average Bonchev–Trinajstić information content (AvgIpc) is 2.85. The zero-order valence-electron chi connectivity index (χ0n) is 11.6.